The number of anilines is 2. The van der Waals surface area contributed by atoms with Crippen LogP contribution in [0, 0.1) is 6.92 Å². The molecular weight excluding hydrogens is 206 g/mol. The molecule has 0 aromatic carbocycles. The lowest BCUT2D eigenvalue weighted by Gasteiger charge is -2.06. The van der Waals surface area contributed by atoms with Gasteiger partial charge < -0.3 is 11.1 Å². The van der Waals surface area contributed by atoms with E-state index in [2.05, 4.69) is 21.7 Å². The van der Waals surface area contributed by atoms with E-state index in [1.54, 1.807) is 11.3 Å². The van der Waals surface area contributed by atoms with Crippen LogP contribution >= 0.6 is 11.3 Å². The molecule has 0 spiro atoms. The second kappa shape index (κ2) is 4.31. The number of aromatic nitrogens is 1. The quantitative estimate of drug-likeness (QED) is 0.834. The summed E-state index contributed by atoms with van der Waals surface area (Å²) in [6.07, 6.45) is 0. The highest BCUT2D eigenvalue weighted by Crippen LogP contribution is 2.14. The van der Waals surface area contributed by atoms with Gasteiger partial charge >= 0.3 is 0 Å². The van der Waals surface area contributed by atoms with Gasteiger partial charge in [0.05, 0.1) is 17.9 Å². The van der Waals surface area contributed by atoms with Gasteiger partial charge in [-0.15, -0.1) is 11.3 Å². The van der Waals surface area contributed by atoms with Crippen LogP contribution in [0.3, 0.4) is 0 Å². The maximum Gasteiger partial charge on any atom is 0.126 e. The molecule has 3 nitrogen and oxygen atoms in total. The molecule has 0 fully saturated rings. The summed E-state index contributed by atoms with van der Waals surface area (Å²) in [6.45, 7) is 2.72. The molecular formula is C11H13N3S. The molecule has 78 valence electrons. The molecule has 0 saturated carbocycles. The summed E-state index contributed by atoms with van der Waals surface area (Å²) in [5.74, 6) is 0.870. The zero-order valence-electron chi connectivity index (χ0n) is 8.53. The fourth-order valence-corrected chi connectivity index (χ4v) is 1.91. The third-order valence-electron chi connectivity index (χ3n) is 2.15. The Morgan fingerprint density at radius 3 is 2.93 bits per heavy atom. The third-order valence-corrected chi connectivity index (χ3v) is 3.03. The molecule has 0 bridgehead atoms. The summed E-state index contributed by atoms with van der Waals surface area (Å²) in [4.78, 5) is 5.64. The number of nitrogens with two attached hydrogens (primary N) is 1. The van der Waals surface area contributed by atoms with Crippen LogP contribution in [0.1, 0.15) is 10.6 Å². The average Bonchev–Trinajstić information content (AvgIpc) is 2.73. The van der Waals surface area contributed by atoms with Gasteiger partial charge in [-0.2, -0.15) is 0 Å². The molecule has 0 saturated heterocycles. The van der Waals surface area contributed by atoms with Crippen LogP contribution in [0.5, 0.6) is 0 Å². The summed E-state index contributed by atoms with van der Waals surface area (Å²) < 4.78 is 0. The molecule has 0 aliphatic carbocycles. The van der Waals surface area contributed by atoms with Crippen LogP contribution in [0.15, 0.2) is 29.6 Å². The molecule has 15 heavy (non-hydrogen) atoms. The molecule has 0 unspecified atom stereocenters. The molecule has 2 aromatic rings. The highest BCUT2D eigenvalue weighted by atomic mass is 32.1. The Bertz CT molecular complexity index is 437. The van der Waals surface area contributed by atoms with Gasteiger partial charge in [0.15, 0.2) is 0 Å². The zero-order chi connectivity index (χ0) is 10.7. The fourth-order valence-electron chi connectivity index (χ4n) is 1.26. The maximum atomic E-state index is 5.69. The van der Waals surface area contributed by atoms with Crippen molar-refractivity contribution in [2.45, 2.75) is 13.5 Å². The van der Waals surface area contributed by atoms with Gasteiger partial charge in [0.2, 0.25) is 0 Å². The van der Waals surface area contributed by atoms with E-state index in [1.165, 1.54) is 4.88 Å². The van der Waals surface area contributed by atoms with E-state index in [9.17, 15) is 0 Å². The number of nitrogens with one attached hydrogen (secondary N) is 1. The summed E-state index contributed by atoms with van der Waals surface area (Å²) >= 11 is 1.73. The number of hydrogen-bond donors (Lipinski definition) is 2. The Hall–Kier alpha value is -1.55. The van der Waals surface area contributed by atoms with Gasteiger partial charge in [0, 0.05) is 4.88 Å². The smallest absolute Gasteiger partial charge is 0.126 e. The number of pyridine rings is 1. The highest BCUT2D eigenvalue weighted by molar-refractivity contribution is 7.09. The first-order valence-electron chi connectivity index (χ1n) is 4.75. The predicted molar refractivity (Wildman–Crippen MR) is 65.0 cm³/mol. The third kappa shape index (κ3) is 2.47. The summed E-state index contributed by atoms with van der Waals surface area (Å²) in [5, 5.41) is 5.33. The summed E-state index contributed by atoms with van der Waals surface area (Å²) in [7, 11) is 0. The van der Waals surface area contributed by atoms with E-state index in [0.29, 0.717) is 0 Å². The maximum absolute atomic E-state index is 5.69. The first kappa shape index (κ1) is 9.98. The standard InChI is InChI=1S/C11H13N3S/c1-8-10(12)4-5-11(14-8)13-7-9-3-2-6-15-9/h2-6H,7,12H2,1H3,(H,13,14). The second-order valence-corrected chi connectivity index (χ2v) is 4.34. The molecule has 0 aliphatic heterocycles. The SMILES string of the molecule is Cc1nc(NCc2cccs2)ccc1N. The minimum absolute atomic E-state index is 0.733. The number of hydrogen-bond acceptors (Lipinski definition) is 4. The first-order chi connectivity index (χ1) is 7.25. The molecule has 2 aromatic heterocycles. The van der Waals surface area contributed by atoms with Crippen molar-refractivity contribution in [3.05, 3.63) is 40.2 Å². The fraction of sp³-hybridized carbons (Fsp3) is 0.182. The van der Waals surface area contributed by atoms with Crippen LogP contribution in [-0.2, 0) is 6.54 Å². The van der Waals surface area contributed by atoms with Crippen LogP contribution < -0.4 is 11.1 Å². The van der Waals surface area contributed by atoms with Crippen molar-refractivity contribution >= 4 is 22.8 Å². The number of aryl methyl sites for hydroxylation is 1. The van der Waals surface area contributed by atoms with Crippen molar-refractivity contribution in [1.29, 1.82) is 0 Å². The van der Waals surface area contributed by atoms with E-state index < -0.39 is 0 Å². The van der Waals surface area contributed by atoms with E-state index in [0.717, 1.165) is 23.7 Å². The van der Waals surface area contributed by atoms with Crippen molar-refractivity contribution in [1.82, 2.24) is 4.98 Å². The predicted octanol–water partition coefficient (Wildman–Crippen LogP) is 2.65. The van der Waals surface area contributed by atoms with Gasteiger partial charge in [-0.05, 0) is 30.5 Å². The number of rotatable bonds is 3. The lowest BCUT2D eigenvalue weighted by atomic mass is 10.3. The van der Waals surface area contributed by atoms with Gasteiger partial charge in [-0.25, -0.2) is 4.98 Å². The van der Waals surface area contributed by atoms with E-state index in [4.69, 9.17) is 5.73 Å². The van der Waals surface area contributed by atoms with Crippen molar-refractivity contribution < 1.29 is 0 Å². The minimum atomic E-state index is 0.733. The largest absolute Gasteiger partial charge is 0.397 e. The van der Waals surface area contributed by atoms with Crippen molar-refractivity contribution in [2.75, 3.05) is 11.1 Å². The normalized spacial score (nSPS) is 10.2. The molecule has 4 heteroatoms. The van der Waals surface area contributed by atoms with Crippen molar-refractivity contribution in [2.24, 2.45) is 0 Å². The summed E-state index contributed by atoms with van der Waals surface area (Å²) in [6, 6.07) is 7.92. The van der Waals surface area contributed by atoms with Crippen LogP contribution in [0.2, 0.25) is 0 Å². The van der Waals surface area contributed by atoms with Crippen LogP contribution in [0.25, 0.3) is 0 Å². The van der Waals surface area contributed by atoms with Crippen molar-refractivity contribution in [3.8, 4) is 0 Å². The molecule has 0 amide bonds. The average molecular weight is 219 g/mol. The summed E-state index contributed by atoms with van der Waals surface area (Å²) in [5.41, 5.74) is 7.29. The molecule has 3 N–H and O–H groups in total. The van der Waals surface area contributed by atoms with E-state index in [-0.39, 0.29) is 0 Å². The molecule has 0 aliphatic rings. The monoisotopic (exact) mass is 219 g/mol. The second-order valence-electron chi connectivity index (χ2n) is 3.30. The Morgan fingerprint density at radius 1 is 1.40 bits per heavy atom. The number of nitrogen functional groups attached to an aromatic ring is 1. The lowest BCUT2D eigenvalue weighted by molar-refractivity contribution is 1.11. The lowest BCUT2D eigenvalue weighted by Crippen LogP contribution is -2.02. The molecule has 0 radical (unpaired) electrons. The van der Waals surface area contributed by atoms with E-state index >= 15 is 0 Å². The van der Waals surface area contributed by atoms with Gasteiger partial charge in [-0.1, -0.05) is 6.07 Å². The van der Waals surface area contributed by atoms with Crippen molar-refractivity contribution in [3.63, 3.8) is 0 Å². The van der Waals surface area contributed by atoms with Crippen LogP contribution in [0.4, 0.5) is 11.5 Å². The van der Waals surface area contributed by atoms with Gasteiger partial charge in [-0.3, -0.25) is 0 Å². The van der Waals surface area contributed by atoms with Gasteiger partial charge in [0.25, 0.3) is 0 Å². The Morgan fingerprint density at radius 2 is 2.27 bits per heavy atom. The van der Waals surface area contributed by atoms with Gasteiger partial charge in [0.1, 0.15) is 5.82 Å². The molecule has 2 heterocycles. The highest BCUT2D eigenvalue weighted by Gasteiger charge is 1.98. The van der Waals surface area contributed by atoms with Crippen LogP contribution in [-0.4, -0.2) is 4.98 Å². The molecule has 0 atom stereocenters. The Labute approximate surface area is 93.0 Å². The Balaban J connectivity index is 2.02. The minimum Gasteiger partial charge on any atom is -0.397 e. The Kier molecular flexibility index (Phi) is 2.87. The number of nitrogens with zero attached hydrogens (tertiary/aromatic N) is 1. The topological polar surface area (TPSA) is 50.9 Å². The first-order valence-corrected chi connectivity index (χ1v) is 5.63. The zero-order valence-corrected chi connectivity index (χ0v) is 9.34. The number of thiophene rings is 1. The van der Waals surface area contributed by atoms with E-state index in [1.807, 2.05) is 25.1 Å². The molecule has 2 rings (SSSR count).